The van der Waals surface area contributed by atoms with Crippen molar-refractivity contribution in [3.05, 3.63) is 59.9 Å². The summed E-state index contributed by atoms with van der Waals surface area (Å²) >= 11 is 0. The summed E-state index contributed by atoms with van der Waals surface area (Å²) in [4.78, 5) is 11.9. The van der Waals surface area contributed by atoms with Crippen LogP contribution in [-0.4, -0.2) is 23.0 Å². The highest BCUT2D eigenvalue weighted by Gasteiger charge is 2.11. The summed E-state index contributed by atoms with van der Waals surface area (Å²) in [6, 6.07) is 13.0. The van der Waals surface area contributed by atoms with E-state index in [0.29, 0.717) is 17.0 Å². The Kier molecular flexibility index (Phi) is 5.66. The second-order valence-electron chi connectivity index (χ2n) is 4.60. The van der Waals surface area contributed by atoms with E-state index >= 15 is 0 Å². The molecule has 116 valence electrons. The molecule has 22 heavy (non-hydrogen) atoms. The summed E-state index contributed by atoms with van der Waals surface area (Å²) in [6.07, 6.45) is 0. The minimum atomic E-state index is -1.48. The molecule has 0 saturated carbocycles. The van der Waals surface area contributed by atoms with E-state index < -0.39 is 16.6 Å². The lowest BCUT2D eigenvalue weighted by molar-refractivity contribution is -0.113. The van der Waals surface area contributed by atoms with E-state index in [4.69, 9.17) is 4.74 Å². The number of nitrogens with one attached hydrogen (secondary N) is 1. The zero-order valence-corrected chi connectivity index (χ0v) is 12.9. The van der Waals surface area contributed by atoms with Gasteiger partial charge in [0.05, 0.1) is 12.9 Å². The molecule has 0 radical (unpaired) electrons. The predicted molar refractivity (Wildman–Crippen MR) is 84.7 cm³/mol. The van der Waals surface area contributed by atoms with Gasteiger partial charge in [0, 0.05) is 28.1 Å². The summed E-state index contributed by atoms with van der Waals surface area (Å²) in [5.41, 5.74) is 0.905. The molecule has 0 aliphatic heterocycles. The number of halogens is 1. The smallest absolute Gasteiger partial charge is 0.237 e. The van der Waals surface area contributed by atoms with Crippen LogP contribution in [0.4, 0.5) is 10.1 Å². The SMILES string of the molecule is COc1cccc(NC(=O)CS(=O)Cc2ccccc2F)c1. The molecular formula is C16H16FNO3S. The molecule has 2 aromatic rings. The third kappa shape index (κ3) is 4.66. The molecule has 0 fully saturated rings. The maximum Gasteiger partial charge on any atom is 0.237 e. The van der Waals surface area contributed by atoms with Crippen molar-refractivity contribution in [1.29, 1.82) is 0 Å². The van der Waals surface area contributed by atoms with Crippen LogP contribution in [0.15, 0.2) is 48.5 Å². The maximum absolute atomic E-state index is 13.5. The molecule has 1 amide bonds. The molecule has 4 nitrogen and oxygen atoms in total. The molecule has 0 saturated heterocycles. The van der Waals surface area contributed by atoms with Gasteiger partial charge in [-0.3, -0.25) is 9.00 Å². The van der Waals surface area contributed by atoms with Gasteiger partial charge in [-0.05, 0) is 18.2 Å². The van der Waals surface area contributed by atoms with Gasteiger partial charge in [0.25, 0.3) is 0 Å². The van der Waals surface area contributed by atoms with Crippen molar-refractivity contribution < 1.29 is 18.1 Å². The molecule has 0 spiro atoms. The van der Waals surface area contributed by atoms with E-state index in [1.165, 1.54) is 13.2 Å². The van der Waals surface area contributed by atoms with E-state index in [1.54, 1.807) is 42.5 Å². The van der Waals surface area contributed by atoms with Gasteiger partial charge in [-0.2, -0.15) is 0 Å². The van der Waals surface area contributed by atoms with Crippen LogP contribution in [-0.2, 0) is 21.3 Å². The largest absolute Gasteiger partial charge is 0.497 e. The van der Waals surface area contributed by atoms with Crippen molar-refractivity contribution in [2.24, 2.45) is 0 Å². The molecule has 1 N–H and O–H groups in total. The van der Waals surface area contributed by atoms with Crippen LogP contribution in [0.2, 0.25) is 0 Å². The van der Waals surface area contributed by atoms with E-state index in [2.05, 4.69) is 5.32 Å². The molecule has 2 aromatic carbocycles. The van der Waals surface area contributed by atoms with Crippen molar-refractivity contribution in [3.63, 3.8) is 0 Å². The number of benzene rings is 2. The van der Waals surface area contributed by atoms with E-state index in [0.717, 1.165) is 0 Å². The lowest BCUT2D eigenvalue weighted by Gasteiger charge is -2.07. The standard InChI is InChI=1S/C16H16FNO3S/c1-21-14-7-4-6-13(9-14)18-16(19)11-22(20)10-12-5-2-3-8-15(12)17/h2-9H,10-11H2,1H3,(H,18,19). The second-order valence-corrected chi connectivity index (χ2v) is 6.06. The third-order valence-electron chi connectivity index (χ3n) is 2.92. The van der Waals surface area contributed by atoms with Crippen molar-refractivity contribution in [2.45, 2.75) is 5.75 Å². The van der Waals surface area contributed by atoms with Crippen LogP contribution in [0.25, 0.3) is 0 Å². The normalized spacial score (nSPS) is 11.7. The molecular weight excluding hydrogens is 305 g/mol. The molecule has 6 heteroatoms. The van der Waals surface area contributed by atoms with Crippen LogP contribution in [0, 0.1) is 5.82 Å². The highest BCUT2D eigenvalue weighted by Crippen LogP contribution is 2.16. The van der Waals surface area contributed by atoms with Gasteiger partial charge in [0.15, 0.2) is 0 Å². The van der Waals surface area contributed by atoms with Gasteiger partial charge >= 0.3 is 0 Å². The van der Waals surface area contributed by atoms with Gasteiger partial charge in [-0.25, -0.2) is 4.39 Å². The zero-order chi connectivity index (χ0) is 15.9. The fourth-order valence-electron chi connectivity index (χ4n) is 1.88. The Morgan fingerprint density at radius 3 is 2.73 bits per heavy atom. The first-order chi connectivity index (χ1) is 10.6. The van der Waals surface area contributed by atoms with Crippen LogP contribution in [0.5, 0.6) is 5.75 Å². The van der Waals surface area contributed by atoms with Crippen LogP contribution >= 0.6 is 0 Å². The van der Waals surface area contributed by atoms with Crippen LogP contribution < -0.4 is 10.1 Å². The predicted octanol–water partition coefficient (Wildman–Crippen LogP) is 2.72. The second kappa shape index (κ2) is 7.70. The lowest BCUT2D eigenvalue weighted by atomic mass is 10.2. The van der Waals surface area contributed by atoms with Crippen molar-refractivity contribution in [1.82, 2.24) is 0 Å². The van der Waals surface area contributed by atoms with E-state index in [9.17, 15) is 13.4 Å². The zero-order valence-electron chi connectivity index (χ0n) is 12.0. The number of hydrogen-bond donors (Lipinski definition) is 1. The summed E-state index contributed by atoms with van der Waals surface area (Å²) in [5, 5.41) is 2.64. The fourth-order valence-corrected chi connectivity index (χ4v) is 2.93. The maximum atomic E-state index is 13.5. The van der Waals surface area contributed by atoms with Crippen LogP contribution in [0.1, 0.15) is 5.56 Å². The minimum Gasteiger partial charge on any atom is -0.497 e. The Hall–Kier alpha value is -2.21. The molecule has 0 bridgehead atoms. The Morgan fingerprint density at radius 1 is 1.23 bits per heavy atom. The minimum absolute atomic E-state index is 0.0121. The lowest BCUT2D eigenvalue weighted by Crippen LogP contribution is -2.20. The summed E-state index contributed by atoms with van der Waals surface area (Å²) < 4.78 is 30.5. The Balaban J connectivity index is 1.91. The first-order valence-corrected chi connectivity index (χ1v) is 8.09. The molecule has 0 heterocycles. The molecule has 1 unspecified atom stereocenters. The molecule has 0 aliphatic rings. The quantitative estimate of drug-likeness (QED) is 0.890. The Labute approximate surface area is 130 Å². The highest BCUT2D eigenvalue weighted by molar-refractivity contribution is 7.84. The number of carbonyl (C=O) groups excluding carboxylic acids is 1. The van der Waals surface area contributed by atoms with E-state index in [-0.39, 0.29) is 17.4 Å². The van der Waals surface area contributed by atoms with Crippen molar-refractivity contribution in [3.8, 4) is 5.75 Å². The number of hydrogen-bond acceptors (Lipinski definition) is 3. The number of ether oxygens (including phenoxy) is 1. The number of carbonyl (C=O) groups is 1. The molecule has 1 atom stereocenters. The molecule has 0 aliphatic carbocycles. The van der Waals surface area contributed by atoms with Crippen LogP contribution in [0.3, 0.4) is 0 Å². The first-order valence-electron chi connectivity index (χ1n) is 6.61. The topological polar surface area (TPSA) is 55.4 Å². The Morgan fingerprint density at radius 2 is 2.00 bits per heavy atom. The van der Waals surface area contributed by atoms with Gasteiger partial charge in [-0.1, -0.05) is 24.3 Å². The average Bonchev–Trinajstić information content (AvgIpc) is 2.49. The molecule has 2 rings (SSSR count). The van der Waals surface area contributed by atoms with Gasteiger partial charge in [-0.15, -0.1) is 0 Å². The highest BCUT2D eigenvalue weighted by atomic mass is 32.2. The Bertz CT molecular complexity index is 691. The monoisotopic (exact) mass is 321 g/mol. The van der Waals surface area contributed by atoms with Crippen molar-refractivity contribution in [2.75, 3.05) is 18.2 Å². The molecule has 0 aromatic heterocycles. The number of amides is 1. The fraction of sp³-hybridized carbons (Fsp3) is 0.188. The van der Waals surface area contributed by atoms with Gasteiger partial charge in [0.2, 0.25) is 5.91 Å². The number of anilines is 1. The average molecular weight is 321 g/mol. The van der Waals surface area contributed by atoms with Crippen molar-refractivity contribution >= 4 is 22.4 Å². The third-order valence-corrected chi connectivity index (χ3v) is 4.14. The summed E-state index contributed by atoms with van der Waals surface area (Å²) in [5.74, 6) is -0.360. The summed E-state index contributed by atoms with van der Waals surface area (Å²) in [6.45, 7) is 0. The first kappa shape index (κ1) is 16.2. The number of rotatable bonds is 6. The summed E-state index contributed by atoms with van der Waals surface area (Å²) in [7, 11) is 0.0567. The van der Waals surface area contributed by atoms with Gasteiger partial charge in [0.1, 0.15) is 17.3 Å². The number of methoxy groups -OCH3 is 1. The van der Waals surface area contributed by atoms with Gasteiger partial charge < -0.3 is 10.1 Å². The van der Waals surface area contributed by atoms with E-state index in [1.807, 2.05) is 0 Å².